The Morgan fingerprint density at radius 1 is 1.29 bits per heavy atom. The van der Waals surface area contributed by atoms with Crippen LogP contribution in [0.15, 0.2) is 34.2 Å². The number of aromatic amines is 2. The predicted molar refractivity (Wildman–Crippen MR) is 97.0 cm³/mol. The minimum atomic E-state index is -0.252. The SMILES string of the molecule is Cc1ccc(NC(=O)CSc2nc3cc(C)[nH]c3c(=O)[nH]2)c(Cl)c1. The zero-order valence-corrected chi connectivity index (χ0v) is 14.6. The molecule has 3 rings (SSSR count). The summed E-state index contributed by atoms with van der Waals surface area (Å²) < 4.78 is 0. The molecule has 2 aromatic heterocycles. The largest absolute Gasteiger partial charge is 0.353 e. The maximum atomic E-state index is 12.1. The highest BCUT2D eigenvalue weighted by Gasteiger charge is 2.10. The number of hydrogen-bond donors (Lipinski definition) is 3. The van der Waals surface area contributed by atoms with Gasteiger partial charge in [-0.1, -0.05) is 29.4 Å². The Morgan fingerprint density at radius 3 is 2.83 bits per heavy atom. The average Bonchev–Trinajstić information content (AvgIpc) is 2.89. The zero-order valence-electron chi connectivity index (χ0n) is 13.1. The molecule has 124 valence electrons. The van der Waals surface area contributed by atoms with Gasteiger partial charge in [0.05, 0.1) is 22.0 Å². The van der Waals surface area contributed by atoms with E-state index in [9.17, 15) is 9.59 Å². The van der Waals surface area contributed by atoms with Crippen LogP contribution in [0.3, 0.4) is 0 Å². The summed E-state index contributed by atoms with van der Waals surface area (Å²) in [5.74, 6) is -0.110. The molecule has 0 aliphatic rings. The summed E-state index contributed by atoms with van der Waals surface area (Å²) in [6.07, 6.45) is 0. The van der Waals surface area contributed by atoms with Crippen molar-refractivity contribution < 1.29 is 4.79 Å². The normalized spacial score (nSPS) is 11.0. The fourth-order valence-electron chi connectivity index (χ4n) is 2.24. The summed E-state index contributed by atoms with van der Waals surface area (Å²) in [6, 6.07) is 7.21. The highest BCUT2D eigenvalue weighted by molar-refractivity contribution is 7.99. The lowest BCUT2D eigenvalue weighted by Gasteiger charge is -2.07. The van der Waals surface area contributed by atoms with Crippen LogP contribution in [0.25, 0.3) is 11.0 Å². The number of amides is 1. The second-order valence-corrected chi connectivity index (χ2v) is 6.78. The molecule has 3 N–H and O–H groups in total. The molecule has 0 fully saturated rings. The first-order valence-corrected chi connectivity index (χ1v) is 8.57. The summed E-state index contributed by atoms with van der Waals surface area (Å²) in [5, 5.41) is 3.64. The number of hydrogen-bond acceptors (Lipinski definition) is 4. The smallest absolute Gasteiger partial charge is 0.275 e. The van der Waals surface area contributed by atoms with Crippen LogP contribution in [-0.4, -0.2) is 26.6 Å². The molecule has 8 heteroatoms. The third kappa shape index (κ3) is 3.63. The molecule has 1 amide bonds. The molecule has 0 saturated carbocycles. The topological polar surface area (TPSA) is 90.6 Å². The van der Waals surface area contributed by atoms with Gasteiger partial charge in [-0.15, -0.1) is 0 Å². The van der Waals surface area contributed by atoms with Crippen molar-refractivity contribution in [2.45, 2.75) is 19.0 Å². The molecule has 0 atom stereocenters. The number of carbonyl (C=O) groups is 1. The van der Waals surface area contributed by atoms with Gasteiger partial charge in [-0.05, 0) is 37.6 Å². The van der Waals surface area contributed by atoms with E-state index in [2.05, 4.69) is 20.3 Å². The van der Waals surface area contributed by atoms with E-state index in [1.165, 1.54) is 0 Å². The van der Waals surface area contributed by atoms with E-state index in [-0.39, 0.29) is 17.2 Å². The van der Waals surface area contributed by atoms with Crippen LogP contribution in [0, 0.1) is 13.8 Å². The molecule has 0 radical (unpaired) electrons. The van der Waals surface area contributed by atoms with Gasteiger partial charge in [0.1, 0.15) is 5.52 Å². The van der Waals surface area contributed by atoms with Crippen LogP contribution in [0.5, 0.6) is 0 Å². The van der Waals surface area contributed by atoms with E-state index in [1.54, 1.807) is 18.2 Å². The Morgan fingerprint density at radius 2 is 2.08 bits per heavy atom. The highest BCUT2D eigenvalue weighted by Crippen LogP contribution is 2.23. The molecule has 0 aliphatic heterocycles. The Labute approximate surface area is 147 Å². The summed E-state index contributed by atoms with van der Waals surface area (Å²) in [6.45, 7) is 3.78. The van der Waals surface area contributed by atoms with Crippen molar-refractivity contribution in [3.63, 3.8) is 0 Å². The number of nitrogens with one attached hydrogen (secondary N) is 3. The third-order valence-corrected chi connectivity index (χ3v) is 4.53. The van der Waals surface area contributed by atoms with E-state index < -0.39 is 0 Å². The Kier molecular flexibility index (Phi) is 4.64. The van der Waals surface area contributed by atoms with Crippen LogP contribution in [-0.2, 0) is 4.79 Å². The van der Waals surface area contributed by atoms with Gasteiger partial charge in [-0.3, -0.25) is 14.6 Å². The van der Waals surface area contributed by atoms with Crippen molar-refractivity contribution in [3.05, 3.63) is 50.9 Å². The summed E-state index contributed by atoms with van der Waals surface area (Å²) in [7, 11) is 0. The molecule has 2 heterocycles. The van der Waals surface area contributed by atoms with Gasteiger partial charge in [0.25, 0.3) is 5.56 Å². The molecule has 6 nitrogen and oxygen atoms in total. The minimum Gasteiger partial charge on any atom is -0.353 e. The van der Waals surface area contributed by atoms with Crippen LogP contribution in [0.2, 0.25) is 5.02 Å². The number of fused-ring (bicyclic) bond motifs is 1. The summed E-state index contributed by atoms with van der Waals surface area (Å²) in [4.78, 5) is 34.0. The molecule has 0 spiro atoms. The third-order valence-electron chi connectivity index (χ3n) is 3.34. The van der Waals surface area contributed by atoms with Crippen LogP contribution in [0.4, 0.5) is 5.69 Å². The monoisotopic (exact) mass is 362 g/mol. The predicted octanol–water partition coefficient (Wildman–Crippen LogP) is 3.25. The lowest BCUT2D eigenvalue weighted by molar-refractivity contribution is -0.113. The number of thioether (sulfide) groups is 1. The Balaban J connectivity index is 1.69. The zero-order chi connectivity index (χ0) is 17.3. The van der Waals surface area contributed by atoms with E-state index >= 15 is 0 Å². The fourth-order valence-corrected chi connectivity index (χ4v) is 3.19. The van der Waals surface area contributed by atoms with E-state index in [0.717, 1.165) is 23.0 Å². The molecule has 24 heavy (non-hydrogen) atoms. The molecule has 0 saturated heterocycles. The molecule has 3 aromatic rings. The van der Waals surface area contributed by atoms with Crippen LogP contribution >= 0.6 is 23.4 Å². The van der Waals surface area contributed by atoms with E-state index in [1.807, 2.05) is 19.9 Å². The van der Waals surface area contributed by atoms with Gasteiger partial charge in [0, 0.05) is 5.69 Å². The summed E-state index contributed by atoms with van der Waals surface area (Å²) >= 11 is 7.25. The molecule has 0 bridgehead atoms. The number of rotatable bonds is 4. The van der Waals surface area contributed by atoms with Gasteiger partial charge in [0.15, 0.2) is 5.16 Å². The maximum Gasteiger partial charge on any atom is 0.275 e. The first-order chi connectivity index (χ1) is 11.4. The Bertz CT molecular complexity index is 980. The maximum absolute atomic E-state index is 12.1. The molecule has 0 aliphatic carbocycles. The average molecular weight is 363 g/mol. The number of anilines is 1. The lowest BCUT2D eigenvalue weighted by atomic mass is 10.2. The van der Waals surface area contributed by atoms with E-state index in [0.29, 0.717) is 26.9 Å². The molecule has 1 aromatic carbocycles. The number of aryl methyl sites for hydroxylation is 2. The van der Waals surface area contributed by atoms with Crippen molar-refractivity contribution in [2.75, 3.05) is 11.1 Å². The molecular weight excluding hydrogens is 348 g/mol. The number of aromatic nitrogens is 3. The number of carbonyl (C=O) groups excluding carboxylic acids is 1. The van der Waals surface area contributed by atoms with Crippen molar-refractivity contribution in [1.29, 1.82) is 0 Å². The van der Waals surface area contributed by atoms with Crippen molar-refractivity contribution in [1.82, 2.24) is 15.0 Å². The summed E-state index contributed by atoms with van der Waals surface area (Å²) in [5.41, 5.74) is 3.21. The quantitative estimate of drug-likeness (QED) is 0.491. The van der Waals surface area contributed by atoms with Crippen molar-refractivity contribution >= 4 is 46.0 Å². The first kappa shape index (κ1) is 16.6. The van der Waals surface area contributed by atoms with Gasteiger partial charge in [0.2, 0.25) is 5.91 Å². The standard InChI is InChI=1S/C16H15ClN4O2S/c1-8-3-4-11(10(17)5-8)19-13(22)7-24-16-20-12-6-9(2)18-14(12)15(23)21-16/h3-6,18H,7H2,1-2H3,(H,19,22)(H,20,21,23). The molecule has 0 unspecified atom stereocenters. The lowest BCUT2D eigenvalue weighted by Crippen LogP contribution is -2.15. The van der Waals surface area contributed by atoms with Gasteiger partial charge < -0.3 is 10.3 Å². The van der Waals surface area contributed by atoms with Crippen LogP contribution < -0.4 is 10.9 Å². The molecular formula is C16H15ClN4O2S. The highest BCUT2D eigenvalue weighted by atomic mass is 35.5. The van der Waals surface area contributed by atoms with Gasteiger partial charge >= 0.3 is 0 Å². The fraction of sp³-hybridized carbons (Fsp3) is 0.188. The number of halogens is 1. The van der Waals surface area contributed by atoms with Crippen molar-refractivity contribution in [2.24, 2.45) is 0 Å². The number of nitrogens with zero attached hydrogens (tertiary/aromatic N) is 1. The minimum absolute atomic E-state index is 0.113. The van der Waals surface area contributed by atoms with Gasteiger partial charge in [-0.25, -0.2) is 4.98 Å². The number of H-pyrrole nitrogens is 2. The second kappa shape index (κ2) is 6.70. The number of benzene rings is 1. The Hall–Kier alpha value is -2.25. The van der Waals surface area contributed by atoms with E-state index in [4.69, 9.17) is 11.6 Å². The van der Waals surface area contributed by atoms with Crippen LogP contribution in [0.1, 0.15) is 11.3 Å². The first-order valence-electron chi connectivity index (χ1n) is 7.21. The van der Waals surface area contributed by atoms with Crippen molar-refractivity contribution in [3.8, 4) is 0 Å². The van der Waals surface area contributed by atoms with Gasteiger partial charge in [-0.2, -0.15) is 0 Å². The second-order valence-electron chi connectivity index (χ2n) is 5.40.